The standard InChI is InChI=1S/C10H13N3O3S/c1-13(9-2-3-17(15,16)7-9)10-11-4-8(6-14)5-12-10/h4-6,9H,2-3,7H2,1H3. The minimum atomic E-state index is -2.91. The Morgan fingerprint density at radius 2 is 2.06 bits per heavy atom. The van der Waals surface area contributed by atoms with Gasteiger partial charge >= 0.3 is 0 Å². The number of sulfone groups is 1. The van der Waals surface area contributed by atoms with Crippen LogP contribution in [0.5, 0.6) is 0 Å². The van der Waals surface area contributed by atoms with Gasteiger partial charge in [-0.15, -0.1) is 0 Å². The van der Waals surface area contributed by atoms with Crippen LogP contribution < -0.4 is 4.90 Å². The van der Waals surface area contributed by atoms with E-state index in [1.807, 2.05) is 0 Å². The number of carbonyl (C=O) groups excluding carboxylic acids is 1. The molecule has 17 heavy (non-hydrogen) atoms. The highest BCUT2D eigenvalue weighted by molar-refractivity contribution is 7.91. The molecule has 0 N–H and O–H groups in total. The maximum atomic E-state index is 11.4. The number of hydrogen-bond acceptors (Lipinski definition) is 6. The van der Waals surface area contributed by atoms with Crippen molar-refractivity contribution in [2.75, 3.05) is 23.5 Å². The first-order valence-electron chi connectivity index (χ1n) is 5.22. The Hall–Kier alpha value is -1.50. The summed E-state index contributed by atoms with van der Waals surface area (Å²) in [6.07, 6.45) is 4.12. The first-order valence-corrected chi connectivity index (χ1v) is 7.04. The van der Waals surface area contributed by atoms with E-state index in [1.54, 1.807) is 11.9 Å². The van der Waals surface area contributed by atoms with Crippen LogP contribution in [0.4, 0.5) is 5.95 Å². The third kappa shape index (κ3) is 2.60. The fourth-order valence-corrected chi connectivity index (χ4v) is 3.59. The molecule has 2 rings (SSSR count). The van der Waals surface area contributed by atoms with Crippen molar-refractivity contribution >= 4 is 22.1 Å². The number of nitrogens with zero attached hydrogens (tertiary/aromatic N) is 3. The summed E-state index contributed by atoms with van der Waals surface area (Å²) < 4.78 is 22.7. The van der Waals surface area contributed by atoms with Crippen LogP contribution in [0.2, 0.25) is 0 Å². The lowest BCUT2D eigenvalue weighted by Crippen LogP contribution is -2.33. The SMILES string of the molecule is CN(c1ncc(C=O)cn1)C1CCS(=O)(=O)C1. The lowest BCUT2D eigenvalue weighted by molar-refractivity contribution is 0.112. The molecule has 0 aliphatic carbocycles. The van der Waals surface area contributed by atoms with Crippen LogP contribution in [0.3, 0.4) is 0 Å². The van der Waals surface area contributed by atoms with E-state index in [2.05, 4.69) is 9.97 Å². The molecule has 1 aromatic heterocycles. The van der Waals surface area contributed by atoms with E-state index >= 15 is 0 Å². The summed E-state index contributed by atoms with van der Waals surface area (Å²) in [6.45, 7) is 0. The summed E-state index contributed by atoms with van der Waals surface area (Å²) in [5.74, 6) is 0.800. The van der Waals surface area contributed by atoms with Gasteiger partial charge in [-0.3, -0.25) is 4.79 Å². The Kier molecular flexibility index (Phi) is 3.10. The Morgan fingerprint density at radius 3 is 2.53 bits per heavy atom. The van der Waals surface area contributed by atoms with Gasteiger partial charge in [0.2, 0.25) is 5.95 Å². The second kappa shape index (κ2) is 4.40. The Balaban J connectivity index is 2.14. The van der Waals surface area contributed by atoms with E-state index in [0.717, 1.165) is 0 Å². The van der Waals surface area contributed by atoms with Crippen LogP contribution in [0.15, 0.2) is 12.4 Å². The normalized spacial score (nSPS) is 22.3. The lowest BCUT2D eigenvalue weighted by atomic mass is 10.2. The third-order valence-corrected chi connectivity index (χ3v) is 4.62. The van der Waals surface area contributed by atoms with E-state index in [9.17, 15) is 13.2 Å². The topological polar surface area (TPSA) is 80.2 Å². The molecule has 1 saturated heterocycles. The average molecular weight is 255 g/mol. The van der Waals surface area contributed by atoms with Gasteiger partial charge in [-0.2, -0.15) is 0 Å². The van der Waals surface area contributed by atoms with Gasteiger partial charge in [0.05, 0.1) is 17.1 Å². The molecule has 0 spiro atoms. The largest absolute Gasteiger partial charge is 0.340 e. The maximum Gasteiger partial charge on any atom is 0.225 e. The van der Waals surface area contributed by atoms with Crippen molar-refractivity contribution in [2.24, 2.45) is 0 Å². The molecule has 0 bridgehead atoms. The van der Waals surface area contributed by atoms with E-state index < -0.39 is 9.84 Å². The first-order chi connectivity index (χ1) is 8.02. The fourth-order valence-electron chi connectivity index (χ4n) is 1.82. The molecule has 1 aliphatic heterocycles. The second-order valence-electron chi connectivity index (χ2n) is 4.10. The molecule has 92 valence electrons. The molecule has 2 heterocycles. The maximum absolute atomic E-state index is 11.4. The van der Waals surface area contributed by atoms with Crippen molar-refractivity contribution in [3.05, 3.63) is 18.0 Å². The Morgan fingerprint density at radius 1 is 1.41 bits per heavy atom. The summed E-state index contributed by atoms with van der Waals surface area (Å²) in [5.41, 5.74) is 0.404. The molecule has 0 saturated carbocycles. The molecular formula is C10H13N3O3S. The van der Waals surface area contributed by atoms with Crippen molar-refractivity contribution in [1.82, 2.24) is 9.97 Å². The molecule has 1 aliphatic rings. The summed E-state index contributed by atoms with van der Waals surface area (Å²) in [6, 6.07) is -0.0814. The zero-order chi connectivity index (χ0) is 12.5. The third-order valence-electron chi connectivity index (χ3n) is 2.87. The van der Waals surface area contributed by atoms with E-state index in [-0.39, 0.29) is 17.5 Å². The van der Waals surface area contributed by atoms with Crippen molar-refractivity contribution in [3.63, 3.8) is 0 Å². The minimum absolute atomic E-state index is 0.0814. The molecule has 0 radical (unpaired) electrons. The summed E-state index contributed by atoms with van der Waals surface area (Å²) in [7, 11) is -1.15. The summed E-state index contributed by atoms with van der Waals surface area (Å²) >= 11 is 0. The lowest BCUT2D eigenvalue weighted by Gasteiger charge is -2.22. The first kappa shape index (κ1) is 12.0. The molecule has 0 amide bonds. The number of anilines is 1. The van der Waals surface area contributed by atoms with Crippen LogP contribution in [0.25, 0.3) is 0 Å². The van der Waals surface area contributed by atoms with Gasteiger partial charge in [-0.05, 0) is 6.42 Å². The van der Waals surface area contributed by atoms with E-state index in [4.69, 9.17) is 0 Å². The highest BCUT2D eigenvalue weighted by Gasteiger charge is 2.31. The average Bonchev–Trinajstić information content (AvgIpc) is 2.69. The van der Waals surface area contributed by atoms with Gasteiger partial charge in [0, 0.05) is 25.5 Å². The highest BCUT2D eigenvalue weighted by atomic mass is 32.2. The molecule has 7 heteroatoms. The van der Waals surface area contributed by atoms with Crippen LogP contribution in [-0.4, -0.2) is 49.3 Å². The number of rotatable bonds is 3. The van der Waals surface area contributed by atoms with Gasteiger partial charge in [0.25, 0.3) is 0 Å². The highest BCUT2D eigenvalue weighted by Crippen LogP contribution is 2.19. The molecule has 1 atom stereocenters. The quantitative estimate of drug-likeness (QED) is 0.702. The monoisotopic (exact) mass is 255 g/mol. The van der Waals surface area contributed by atoms with Gasteiger partial charge in [0.15, 0.2) is 16.1 Å². The van der Waals surface area contributed by atoms with Gasteiger partial charge in [-0.25, -0.2) is 18.4 Å². The van der Waals surface area contributed by atoms with Gasteiger partial charge in [0.1, 0.15) is 0 Å². The molecule has 1 aromatic rings. The summed E-state index contributed by atoms with van der Waals surface area (Å²) in [4.78, 5) is 20.3. The number of hydrogen-bond donors (Lipinski definition) is 0. The predicted octanol–water partition coefficient (Wildman–Crippen LogP) is -0.0876. The number of carbonyl (C=O) groups is 1. The minimum Gasteiger partial charge on any atom is -0.340 e. The van der Waals surface area contributed by atoms with Crippen molar-refractivity contribution < 1.29 is 13.2 Å². The Bertz CT molecular complexity index is 512. The van der Waals surface area contributed by atoms with Gasteiger partial charge < -0.3 is 4.90 Å². The fraction of sp³-hybridized carbons (Fsp3) is 0.500. The van der Waals surface area contributed by atoms with Crippen molar-refractivity contribution in [1.29, 1.82) is 0 Å². The van der Waals surface area contributed by atoms with E-state index in [0.29, 0.717) is 24.2 Å². The van der Waals surface area contributed by atoms with Crippen LogP contribution >= 0.6 is 0 Å². The zero-order valence-corrected chi connectivity index (χ0v) is 10.2. The van der Waals surface area contributed by atoms with E-state index in [1.165, 1.54) is 12.4 Å². The smallest absolute Gasteiger partial charge is 0.225 e. The van der Waals surface area contributed by atoms with Crippen LogP contribution in [-0.2, 0) is 9.84 Å². The molecule has 1 fully saturated rings. The number of aldehydes is 1. The predicted molar refractivity (Wildman–Crippen MR) is 62.9 cm³/mol. The van der Waals surface area contributed by atoms with Gasteiger partial charge in [-0.1, -0.05) is 0 Å². The van der Waals surface area contributed by atoms with Crippen molar-refractivity contribution in [2.45, 2.75) is 12.5 Å². The summed E-state index contributed by atoms with van der Waals surface area (Å²) in [5, 5.41) is 0. The van der Waals surface area contributed by atoms with Crippen molar-refractivity contribution in [3.8, 4) is 0 Å². The Labute approximate surface area is 99.6 Å². The molecule has 6 nitrogen and oxygen atoms in total. The molecular weight excluding hydrogens is 242 g/mol. The number of aromatic nitrogens is 2. The zero-order valence-electron chi connectivity index (χ0n) is 9.41. The molecule has 0 aromatic carbocycles. The van der Waals surface area contributed by atoms with Crippen LogP contribution in [0, 0.1) is 0 Å². The molecule has 1 unspecified atom stereocenters. The second-order valence-corrected chi connectivity index (χ2v) is 6.33. The van der Waals surface area contributed by atoms with Crippen LogP contribution in [0.1, 0.15) is 16.8 Å².